The second-order valence-corrected chi connectivity index (χ2v) is 6.48. The van der Waals surface area contributed by atoms with Gasteiger partial charge in [0.2, 0.25) is 0 Å². The third-order valence-electron chi connectivity index (χ3n) is 4.70. The lowest BCUT2D eigenvalue weighted by atomic mass is 9.96. The van der Waals surface area contributed by atoms with Crippen LogP contribution in [0.5, 0.6) is 0 Å². The number of rotatable bonds is 6. The molecule has 2 aliphatic rings. The Kier molecular flexibility index (Phi) is 4.94. The molecule has 1 N–H and O–H groups in total. The predicted octanol–water partition coefficient (Wildman–Crippen LogP) is 2.94. The van der Waals surface area contributed by atoms with E-state index in [9.17, 15) is 0 Å². The van der Waals surface area contributed by atoms with Gasteiger partial charge in [0.05, 0.1) is 18.8 Å². The van der Waals surface area contributed by atoms with Gasteiger partial charge in [-0.25, -0.2) is 0 Å². The van der Waals surface area contributed by atoms with Crippen LogP contribution in [0.15, 0.2) is 24.3 Å². The number of benzene rings is 1. The van der Waals surface area contributed by atoms with Crippen LogP contribution in [-0.4, -0.2) is 44.3 Å². The van der Waals surface area contributed by atoms with Crippen LogP contribution in [0.2, 0.25) is 0 Å². The van der Waals surface area contributed by atoms with Gasteiger partial charge in [0.15, 0.2) is 0 Å². The number of ether oxygens (including phenoxy) is 1. The average molecular weight is 288 g/mol. The van der Waals surface area contributed by atoms with E-state index in [1.54, 1.807) is 0 Å². The third kappa shape index (κ3) is 3.65. The lowest BCUT2D eigenvalue weighted by molar-refractivity contribution is -0.0612. The number of morpholine rings is 1. The van der Waals surface area contributed by atoms with Gasteiger partial charge in [-0.15, -0.1) is 0 Å². The predicted molar refractivity (Wildman–Crippen MR) is 86.7 cm³/mol. The summed E-state index contributed by atoms with van der Waals surface area (Å²) in [5.41, 5.74) is 2.91. The maximum absolute atomic E-state index is 6.05. The average Bonchev–Trinajstić information content (AvgIpc) is 3.33. The SMILES string of the molecule is CCCNCC1OCCN(C)C1c1ccc(C2CC2)cc1. The van der Waals surface area contributed by atoms with Gasteiger partial charge in [-0.2, -0.15) is 0 Å². The molecule has 3 rings (SSSR count). The summed E-state index contributed by atoms with van der Waals surface area (Å²) in [6.45, 7) is 6.06. The van der Waals surface area contributed by atoms with E-state index in [0.717, 1.165) is 32.2 Å². The molecule has 21 heavy (non-hydrogen) atoms. The Morgan fingerprint density at radius 3 is 2.57 bits per heavy atom. The monoisotopic (exact) mass is 288 g/mol. The van der Waals surface area contributed by atoms with Gasteiger partial charge in [-0.1, -0.05) is 31.2 Å². The molecule has 0 spiro atoms. The Morgan fingerprint density at radius 2 is 1.90 bits per heavy atom. The molecule has 116 valence electrons. The quantitative estimate of drug-likeness (QED) is 0.815. The first-order valence-electron chi connectivity index (χ1n) is 8.42. The van der Waals surface area contributed by atoms with E-state index < -0.39 is 0 Å². The van der Waals surface area contributed by atoms with E-state index >= 15 is 0 Å². The molecular weight excluding hydrogens is 260 g/mol. The molecule has 0 amide bonds. The van der Waals surface area contributed by atoms with Crippen LogP contribution in [0, 0.1) is 0 Å². The molecule has 2 fully saturated rings. The van der Waals surface area contributed by atoms with Gasteiger partial charge < -0.3 is 10.1 Å². The summed E-state index contributed by atoms with van der Waals surface area (Å²) in [5, 5.41) is 3.51. The molecule has 0 bridgehead atoms. The van der Waals surface area contributed by atoms with Gasteiger partial charge in [-0.3, -0.25) is 4.90 Å². The van der Waals surface area contributed by atoms with E-state index in [1.807, 2.05) is 0 Å². The zero-order valence-electron chi connectivity index (χ0n) is 13.3. The summed E-state index contributed by atoms with van der Waals surface area (Å²) < 4.78 is 6.05. The first-order valence-corrected chi connectivity index (χ1v) is 8.42. The number of nitrogens with one attached hydrogen (secondary N) is 1. The van der Waals surface area contributed by atoms with Crippen molar-refractivity contribution in [3.8, 4) is 0 Å². The Balaban J connectivity index is 1.70. The molecule has 1 aromatic rings. The fourth-order valence-electron chi connectivity index (χ4n) is 3.30. The van der Waals surface area contributed by atoms with Crippen LogP contribution >= 0.6 is 0 Å². The van der Waals surface area contributed by atoms with Crippen molar-refractivity contribution >= 4 is 0 Å². The molecule has 1 saturated heterocycles. The van der Waals surface area contributed by atoms with Gasteiger partial charge in [-0.05, 0) is 49.9 Å². The molecule has 1 aliphatic carbocycles. The van der Waals surface area contributed by atoms with Gasteiger partial charge >= 0.3 is 0 Å². The lowest BCUT2D eigenvalue weighted by Gasteiger charge is -2.39. The van der Waals surface area contributed by atoms with Gasteiger partial charge in [0, 0.05) is 13.1 Å². The highest BCUT2D eigenvalue weighted by Gasteiger charge is 2.31. The summed E-state index contributed by atoms with van der Waals surface area (Å²) in [7, 11) is 2.22. The van der Waals surface area contributed by atoms with Crippen LogP contribution in [0.3, 0.4) is 0 Å². The van der Waals surface area contributed by atoms with Crippen molar-refractivity contribution in [2.24, 2.45) is 0 Å². The maximum Gasteiger partial charge on any atom is 0.0896 e. The first-order chi connectivity index (χ1) is 10.3. The summed E-state index contributed by atoms with van der Waals surface area (Å²) in [5.74, 6) is 0.835. The van der Waals surface area contributed by atoms with Gasteiger partial charge in [0.25, 0.3) is 0 Å². The second-order valence-electron chi connectivity index (χ2n) is 6.48. The minimum absolute atomic E-state index is 0.252. The Bertz CT molecular complexity index is 441. The molecule has 0 radical (unpaired) electrons. The molecular formula is C18H28N2O. The highest BCUT2D eigenvalue weighted by Crippen LogP contribution is 2.40. The Labute approximate surface area is 128 Å². The van der Waals surface area contributed by atoms with Crippen LogP contribution in [0.1, 0.15) is 49.3 Å². The largest absolute Gasteiger partial charge is 0.374 e. The van der Waals surface area contributed by atoms with Crippen LogP contribution in [-0.2, 0) is 4.74 Å². The maximum atomic E-state index is 6.05. The van der Waals surface area contributed by atoms with Crippen LogP contribution in [0.25, 0.3) is 0 Å². The zero-order chi connectivity index (χ0) is 14.7. The Hall–Kier alpha value is -0.900. The van der Waals surface area contributed by atoms with Gasteiger partial charge in [0.1, 0.15) is 0 Å². The van der Waals surface area contributed by atoms with E-state index in [4.69, 9.17) is 4.74 Å². The van der Waals surface area contributed by atoms with Crippen molar-refractivity contribution in [1.82, 2.24) is 10.2 Å². The molecule has 2 atom stereocenters. The minimum Gasteiger partial charge on any atom is -0.374 e. The van der Waals surface area contributed by atoms with Crippen LogP contribution in [0.4, 0.5) is 0 Å². The molecule has 1 saturated carbocycles. The fraction of sp³-hybridized carbons (Fsp3) is 0.667. The van der Waals surface area contributed by atoms with Crippen LogP contribution < -0.4 is 5.32 Å². The molecule has 3 nitrogen and oxygen atoms in total. The molecule has 0 aromatic heterocycles. The zero-order valence-corrected chi connectivity index (χ0v) is 13.3. The van der Waals surface area contributed by atoms with Crippen molar-refractivity contribution in [2.45, 2.75) is 44.2 Å². The molecule has 3 heteroatoms. The standard InChI is InChI=1S/C18H28N2O/c1-3-10-19-13-17-18(20(2)11-12-21-17)16-8-6-15(7-9-16)14-4-5-14/h6-9,14,17-19H,3-5,10-13H2,1-2H3. The number of hydrogen-bond acceptors (Lipinski definition) is 3. The van der Waals surface area contributed by atoms with Crippen molar-refractivity contribution in [1.29, 1.82) is 0 Å². The summed E-state index contributed by atoms with van der Waals surface area (Å²) in [6, 6.07) is 9.65. The highest BCUT2D eigenvalue weighted by molar-refractivity contribution is 5.30. The molecule has 2 unspecified atom stereocenters. The van der Waals surface area contributed by atoms with E-state index in [1.165, 1.54) is 30.4 Å². The first kappa shape index (κ1) is 15.0. The topological polar surface area (TPSA) is 24.5 Å². The normalized spacial score (nSPS) is 27.0. The molecule has 1 heterocycles. The third-order valence-corrected chi connectivity index (χ3v) is 4.70. The summed E-state index contributed by atoms with van der Waals surface area (Å²) in [4.78, 5) is 2.44. The van der Waals surface area contributed by atoms with Crippen molar-refractivity contribution in [3.63, 3.8) is 0 Å². The second kappa shape index (κ2) is 6.91. The molecule has 1 aromatic carbocycles. The smallest absolute Gasteiger partial charge is 0.0896 e. The number of hydrogen-bond donors (Lipinski definition) is 1. The van der Waals surface area contributed by atoms with Crippen molar-refractivity contribution in [3.05, 3.63) is 35.4 Å². The van der Waals surface area contributed by atoms with E-state index in [0.29, 0.717) is 6.04 Å². The number of likely N-dealkylation sites (N-methyl/N-ethyl adjacent to an activating group) is 1. The minimum atomic E-state index is 0.252. The summed E-state index contributed by atoms with van der Waals surface area (Å²) >= 11 is 0. The van der Waals surface area contributed by atoms with Crippen molar-refractivity contribution < 1.29 is 4.74 Å². The lowest BCUT2D eigenvalue weighted by Crippen LogP contribution is -2.47. The number of nitrogens with zero attached hydrogens (tertiary/aromatic N) is 1. The highest BCUT2D eigenvalue weighted by atomic mass is 16.5. The molecule has 1 aliphatic heterocycles. The Morgan fingerprint density at radius 1 is 1.19 bits per heavy atom. The summed E-state index contributed by atoms with van der Waals surface area (Å²) in [6.07, 6.45) is 4.16. The van der Waals surface area contributed by atoms with E-state index in [-0.39, 0.29) is 6.10 Å². The van der Waals surface area contributed by atoms with E-state index in [2.05, 4.69) is 48.5 Å². The fourth-order valence-corrected chi connectivity index (χ4v) is 3.30. The van der Waals surface area contributed by atoms with Crippen molar-refractivity contribution in [2.75, 3.05) is 33.3 Å².